The quantitative estimate of drug-likeness (QED) is 0.470. The van der Waals surface area contributed by atoms with E-state index in [1.807, 2.05) is 53.4 Å². The number of nitrogens with one attached hydrogen (secondary N) is 1. The summed E-state index contributed by atoms with van der Waals surface area (Å²) in [5.41, 5.74) is 2.75. The molecule has 1 saturated heterocycles. The lowest BCUT2D eigenvalue weighted by molar-refractivity contribution is -0.128. The van der Waals surface area contributed by atoms with Crippen LogP contribution in [0.25, 0.3) is 0 Å². The number of thioether (sulfide) groups is 1. The van der Waals surface area contributed by atoms with Gasteiger partial charge in [-0.2, -0.15) is 0 Å². The molecule has 2 aromatic carbocycles. The van der Waals surface area contributed by atoms with Gasteiger partial charge in [0, 0.05) is 23.7 Å². The zero-order valence-corrected chi connectivity index (χ0v) is 19.8. The van der Waals surface area contributed by atoms with Crippen molar-refractivity contribution in [2.75, 3.05) is 12.3 Å². The summed E-state index contributed by atoms with van der Waals surface area (Å²) in [6.45, 7) is 5.64. The molecule has 2 aromatic rings. The van der Waals surface area contributed by atoms with Crippen LogP contribution in [0.1, 0.15) is 66.4 Å². The van der Waals surface area contributed by atoms with E-state index in [4.69, 9.17) is 11.6 Å². The van der Waals surface area contributed by atoms with E-state index in [1.165, 1.54) is 12.8 Å². The fourth-order valence-electron chi connectivity index (χ4n) is 3.77. The smallest absolute Gasteiger partial charge is 0.251 e. The molecule has 1 N–H and O–H groups in total. The highest BCUT2D eigenvalue weighted by Crippen LogP contribution is 2.39. The molecule has 0 unspecified atom stereocenters. The molecule has 1 aliphatic heterocycles. The normalized spacial score (nSPS) is 17.1. The number of nitrogens with zero attached hydrogens (tertiary/aromatic N) is 1. The number of hydrogen-bond acceptors (Lipinski definition) is 3. The van der Waals surface area contributed by atoms with Crippen LogP contribution in [0.15, 0.2) is 48.5 Å². The summed E-state index contributed by atoms with van der Waals surface area (Å²) in [5.74, 6) is 1.10. The van der Waals surface area contributed by atoms with Crippen molar-refractivity contribution in [2.45, 2.75) is 51.4 Å². The van der Waals surface area contributed by atoms with Gasteiger partial charge in [-0.15, -0.1) is 11.8 Å². The molecule has 0 bridgehead atoms. The molecule has 31 heavy (non-hydrogen) atoms. The first-order chi connectivity index (χ1) is 15.0. The van der Waals surface area contributed by atoms with E-state index in [9.17, 15) is 9.59 Å². The van der Waals surface area contributed by atoms with E-state index in [2.05, 4.69) is 19.2 Å². The number of amides is 2. The second-order valence-electron chi connectivity index (χ2n) is 8.06. The van der Waals surface area contributed by atoms with Crippen molar-refractivity contribution < 1.29 is 9.59 Å². The summed E-state index contributed by atoms with van der Waals surface area (Å²) in [6, 6.07) is 15.3. The lowest BCUT2D eigenvalue weighted by Crippen LogP contribution is -2.29. The first-order valence-corrected chi connectivity index (χ1v) is 12.5. The third-order valence-corrected chi connectivity index (χ3v) is 7.29. The van der Waals surface area contributed by atoms with E-state index < -0.39 is 0 Å². The summed E-state index contributed by atoms with van der Waals surface area (Å²) in [4.78, 5) is 26.9. The average molecular weight is 459 g/mol. The van der Waals surface area contributed by atoms with Crippen molar-refractivity contribution in [2.24, 2.45) is 5.92 Å². The molecule has 0 aliphatic carbocycles. The van der Waals surface area contributed by atoms with Crippen molar-refractivity contribution >= 4 is 35.2 Å². The SMILES string of the molecule is CCCC[C@@H](CC)CNC(=O)c1ccc([C@@H]2SCC(=O)N2Cc2ccc(Cl)cc2)cc1. The molecular formula is C25H31ClN2O2S. The highest BCUT2D eigenvalue weighted by molar-refractivity contribution is 8.00. The van der Waals surface area contributed by atoms with Gasteiger partial charge >= 0.3 is 0 Å². The maximum Gasteiger partial charge on any atom is 0.251 e. The van der Waals surface area contributed by atoms with Gasteiger partial charge in [0.05, 0.1) is 5.75 Å². The van der Waals surface area contributed by atoms with Gasteiger partial charge in [-0.1, -0.05) is 69.0 Å². The zero-order valence-electron chi connectivity index (χ0n) is 18.3. The Labute approximate surface area is 194 Å². The molecule has 0 saturated carbocycles. The average Bonchev–Trinajstić information content (AvgIpc) is 3.15. The van der Waals surface area contributed by atoms with Crippen LogP contribution in [0.5, 0.6) is 0 Å². The van der Waals surface area contributed by atoms with Crippen LogP contribution in [0.2, 0.25) is 5.02 Å². The summed E-state index contributed by atoms with van der Waals surface area (Å²) >= 11 is 7.60. The minimum atomic E-state index is -0.0428. The van der Waals surface area contributed by atoms with Gasteiger partial charge in [0.2, 0.25) is 5.91 Å². The first-order valence-electron chi connectivity index (χ1n) is 11.1. The van der Waals surface area contributed by atoms with Gasteiger partial charge < -0.3 is 10.2 Å². The summed E-state index contributed by atoms with van der Waals surface area (Å²) < 4.78 is 0. The van der Waals surface area contributed by atoms with Gasteiger partial charge in [-0.3, -0.25) is 9.59 Å². The predicted molar refractivity (Wildman–Crippen MR) is 129 cm³/mol. The zero-order chi connectivity index (χ0) is 22.2. The van der Waals surface area contributed by atoms with Crippen molar-refractivity contribution in [3.63, 3.8) is 0 Å². The Morgan fingerprint density at radius 2 is 1.87 bits per heavy atom. The van der Waals surface area contributed by atoms with Crippen LogP contribution in [-0.4, -0.2) is 29.0 Å². The molecule has 1 aliphatic rings. The minimum absolute atomic E-state index is 0.0327. The molecule has 0 spiro atoms. The lowest BCUT2D eigenvalue weighted by Gasteiger charge is -2.24. The standard InChI is InChI=1S/C25H31ClN2O2S/c1-3-5-6-18(4-2)15-27-24(30)20-9-11-21(12-10-20)25-28(23(29)17-31-25)16-19-7-13-22(26)14-8-19/h7-14,18,25H,3-6,15-17H2,1-2H3,(H,27,30)/t18-,25+/m1/s1. The molecule has 2 atom stereocenters. The van der Waals surface area contributed by atoms with Crippen LogP contribution < -0.4 is 5.32 Å². The topological polar surface area (TPSA) is 49.4 Å². The predicted octanol–water partition coefficient (Wildman–Crippen LogP) is 6.06. The van der Waals surface area contributed by atoms with E-state index in [0.717, 1.165) is 30.5 Å². The van der Waals surface area contributed by atoms with Gasteiger partial charge in [-0.25, -0.2) is 0 Å². The maximum atomic E-state index is 12.6. The third kappa shape index (κ3) is 6.50. The fraction of sp³-hybridized carbons (Fsp3) is 0.440. The molecule has 0 aromatic heterocycles. The summed E-state index contributed by atoms with van der Waals surface area (Å²) in [5, 5.41) is 3.73. The molecule has 2 amide bonds. The Morgan fingerprint density at radius 1 is 1.16 bits per heavy atom. The second kappa shape index (κ2) is 11.6. The number of hydrogen-bond donors (Lipinski definition) is 1. The Balaban J connectivity index is 1.62. The fourth-order valence-corrected chi connectivity index (χ4v) is 5.08. The van der Waals surface area contributed by atoms with Crippen LogP contribution in [-0.2, 0) is 11.3 Å². The van der Waals surface area contributed by atoms with Crippen molar-refractivity contribution in [1.29, 1.82) is 0 Å². The molecule has 0 radical (unpaired) electrons. The molecule has 6 heteroatoms. The van der Waals surface area contributed by atoms with E-state index in [-0.39, 0.29) is 17.2 Å². The maximum absolute atomic E-state index is 12.6. The third-order valence-electron chi connectivity index (χ3n) is 5.79. The number of carbonyl (C=O) groups excluding carboxylic acids is 2. The number of carbonyl (C=O) groups is 2. The molecular weight excluding hydrogens is 428 g/mol. The Bertz CT molecular complexity index is 870. The van der Waals surface area contributed by atoms with E-state index in [1.54, 1.807) is 11.8 Å². The van der Waals surface area contributed by atoms with E-state index >= 15 is 0 Å². The van der Waals surface area contributed by atoms with Gasteiger partial charge in [0.15, 0.2) is 0 Å². The van der Waals surface area contributed by atoms with Crippen molar-refractivity contribution in [1.82, 2.24) is 10.2 Å². The Morgan fingerprint density at radius 3 is 2.52 bits per heavy atom. The second-order valence-corrected chi connectivity index (χ2v) is 9.56. The molecule has 3 rings (SSSR count). The van der Waals surface area contributed by atoms with Gasteiger partial charge in [0.25, 0.3) is 5.91 Å². The number of unbranched alkanes of at least 4 members (excludes halogenated alkanes) is 1. The van der Waals surface area contributed by atoms with Gasteiger partial charge in [-0.05, 0) is 47.7 Å². The van der Waals surface area contributed by atoms with Crippen molar-refractivity contribution in [3.05, 3.63) is 70.2 Å². The Kier molecular flexibility index (Phi) is 8.85. The van der Waals surface area contributed by atoms with Crippen molar-refractivity contribution in [3.8, 4) is 0 Å². The molecule has 1 fully saturated rings. The number of benzene rings is 2. The van der Waals surface area contributed by atoms with Crippen LogP contribution in [0, 0.1) is 5.92 Å². The lowest BCUT2D eigenvalue weighted by atomic mass is 9.99. The summed E-state index contributed by atoms with van der Waals surface area (Å²) in [6.07, 6.45) is 4.62. The van der Waals surface area contributed by atoms with Crippen LogP contribution in [0.4, 0.5) is 0 Å². The highest BCUT2D eigenvalue weighted by atomic mass is 35.5. The highest BCUT2D eigenvalue weighted by Gasteiger charge is 2.32. The van der Waals surface area contributed by atoms with Crippen LogP contribution >= 0.6 is 23.4 Å². The molecule has 1 heterocycles. The Hall–Kier alpha value is -1.98. The van der Waals surface area contributed by atoms with E-state index in [0.29, 0.717) is 28.8 Å². The number of halogens is 1. The first kappa shape index (κ1) is 23.7. The summed E-state index contributed by atoms with van der Waals surface area (Å²) in [7, 11) is 0. The monoisotopic (exact) mass is 458 g/mol. The minimum Gasteiger partial charge on any atom is -0.352 e. The van der Waals surface area contributed by atoms with Gasteiger partial charge in [0.1, 0.15) is 5.37 Å². The molecule has 4 nitrogen and oxygen atoms in total. The largest absolute Gasteiger partial charge is 0.352 e. The van der Waals surface area contributed by atoms with Crippen LogP contribution in [0.3, 0.4) is 0 Å². The molecule has 166 valence electrons. The number of rotatable bonds is 10.